The smallest absolute Gasteiger partial charge is 0.261 e. The molecule has 1 heterocycles. The Morgan fingerprint density at radius 2 is 1.54 bits per heavy atom. The molecular formula is C18H23N3O2S. The number of nitrogens with zero attached hydrogens (tertiary/aromatic N) is 2. The van der Waals surface area contributed by atoms with Crippen LogP contribution < -0.4 is 9.62 Å². The Kier molecular flexibility index (Phi) is 5.06. The normalized spacial score (nSPS) is 16.1. The lowest BCUT2D eigenvalue weighted by molar-refractivity contribution is 0.271. The fourth-order valence-corrected chi connectivity index (χ4v) is 3.96. The Balaban J connectivity index is 1.67. The van der Waals surface area contributed by atoms with Gasteiger partial charge in [0.25, 0.3) is 10.0 Å². The van der Waals surface area contributed by atoms with Gasteiger partial charge in [-0.3, -0.25) is 4.72 Å². The van der Waals surface area contributed by atoms with Crippen molar-refractivity contribution in [3.05, 3.63) is 54.6 Å². The third kappa shape index (κ3) is 3.88. The van der Waals surface area contributed by atoms with Crippen LogP contribution in [0.2, 0.25) is 0 Å². The number of piperazine rings is 1. The van der Waals surface area contributed by atoms with E-state index in [9.17, 15) is 8.42 Å². The number of hydrogen-bond acceptors (Lipinski definition) is 4. The summed E-state index contributed by atoms with van der Waals surface area (Å²) in [6, 6.07) is 16.0. The van der Waals surface area contributed by atoms with Crippen LogP contribution in [0.3, 0.4) is 0 Å². The maximum absolute atomic E-state index is 12.3. The lowest BCUT2D eigenvalue weighted by Gasteiger charge is -2.35. The summed E-state index contributed by atoms with van der Waals surface area (Å²) in [7, 11) is -3.53. The van der Waals surface area contributed by atoms with Gasteiger partial charge in [-0.2, -0.15) is 0 Å². The van der Waals surface area contributed by atoms with Gasteiger partial charge < -0.3 is 9.80 Å². The predicted molar refractivity (Wildman–Crippen MR) is 98.0 cm³/mol. The van der Waals surface area contributed by atoms with Crippen molar-refractivity contribution in [2.75, 3.05) is 42.3 Å². The maximum atomic E-state index is 12.3. The molecule has 0 amide bonds. The number of hydrogen-bond donors (Lipinski definition) is 1. The topological polar surface area (TPSA) is 52.6 Å². The molecule has 1 fully saturated rings. The van der Waals surface area contributed by atoms with Crippen LogP contribution in [0, 0.1) is 0 Å². The average Bonchev–Trinajstić information content (AvgIpc) is 2.63. The summed E-state index contributed by atoms with van der Waals surface area (Å²) in [5.74, 6) is 0. The van der Waals surface area contributed by atoms with Crippen LogP contribution in [0.4, 0.5) is 11.4 Å². The highest BCUT2D eigenvalue weighted by Crippen LogP contribution is 2.21. The van der Waals surface area contributed by atoms with Crippen molar-refractivity contribution in [2.24, 2.45) is 0 Å². The summed E-state index contributed by atoms with van der Waals surface area (Å²) >= 11 is 0. The minimum Gasteiger partial charge on any atom is -0.369 e. The number of rotatable bonds is 5. The van der Waals surface area contributed by atoms with Gasteiger partial charge >= 0.3 is 0 Å². The molecule has 0 aromatic heterocycles. The lowest BCUT2D eigenvalue weighted by Crippen LogP contribution is -2.46. The van der Waals surface area contributed by atoms with Crippen LogP contribution in [0.15, 0.2) is 59.5 Å². The first-order valence-corrected chi connectivity index (χ1v) is 9.72. The van der Waals surface area contributed by atoms with Gasteiger partial charge in [0, 0.05) is 37.6 Å². The van der Waals surface area contributed by atoms with Gasteiger partial charge in [0.15, 0.2) is 0 Å². The highest BCUT2D eigenvalue weighted by molar-refractivity contribution is 7.92. The van der Waals surface area contributed by atoms with E-state index in [0.717, 1.165) is 38.4 Å². The zero-order valence-electron chi connectivity index (χ0n) is 13.9. The quantitative estimate of drug-likeness (QED) is 0.905. The summed E-state index contributed by atoms with van der Waals surface area (Å²) < 4.78 is 27.3. The van der Waals surface area contributed by atoms with E-state index in [1.54, 1.807) is 30.3 Å². The Morgan fingerprint density at radius 3 is 2.12 bits per heavy atom. The van der Waals surface area contributed by atoms with E-state index in [-0.39, 0.29) is 4.90 Å². The van der Waals surface area contributed by atoms with Crippen molar-refractivity contribution >= 4 is 21.4 Å². The highest BCUT2D eigenvalue weighted by Gasteiger charge is 2.17. The molecule has 1 saturated heterocycles. The highest BCUT2D eigenvalue weighted by atomic mass is 32.2. The van der Waals surface area contributed by atoms with Crippen molar-refractivity contribution in [3.63, 3.8) is 0 Å². The summed E-state index contributed by atoms with van der Waals surface area (Å²) in [4.78, 5) is 5.03. The van der Waals surface area contributed by atoms with Gasteiger partial charge in [0.2, 0.25) is 0 Å². The molecule has 6 heteroatoms. The first-order chi connectivity index (χ1) is 11.6. The Morgan fingerprint density at radius 1 is 0.917 bits per heavy atom. The summed E-state index contributed by atoms with van der Waals surface area (Å²) in [5, 5.41) is 0. The van der Waals surface area contributed by atoms with Crippen LogP contribution in [-0.4, -0.2) is 46.0 Å². The molecule has 0 saturated carbocycles. The van der Waals surface area contributed by atoms with Crippen LogP contribution in [0.5, 0.6) is 0 Å². The zero-order valence-corrected chi connectivity index (χ0v) is 14.7. The molecule has 0 spiro atoms. The van der Waals surface area contributed by atoms with E-state index in [0.29, 0.717) is 5.69 Å². The predicted octanol–water partition coefficient (Wildman–Crippen LogP) is 2.63. The number of likely N-dealkylation sites (N-methyl/N-ethyl adjacent to an activating group) is 1. The lowest BCUT2D eigenvalue weighted by atomic mass is 10.2. The van der Waals surface area contributed by atoms with Gasteiger partial charge in [-0.25, -0.2) is 8.42 Å². The molecule has 2 aromatic carbocycles. The van der Waals surface area contributed by atoms with Crippen LogP contribution >= 0.6 is 0 Å². The van der Waals surface area contributed by atoms with Crippen LogP contribution in [-0.2, 0) is 10.0 Å². The van der Waals surface area contributed by atoms with E-state index < -0.39 is 10.0 Å². The second-order valence-corrected chi connectivity index (χ2v) is 7.57. The van der Waals surface area contributed by atoms with Crippen LogP contribution in [0.1, 0.15) is 6.92 Å². The maximum Gasteiger partial charge on any atom is 0.261 e. The third-order valence-electron chi connectivity index (χ3n) is 4.36. The van der Waals surface area contributed by atoms with E-state index in [2.05, 4.69) is 21.4 Å². The minimum atomic E-state index is -3.53. The average molecular weight is 345 g/mol. The van der Waals surface area contributed by atoms with Gasteiger partial charge in [-0.1, -0.05) is 25.1 Å². The Bertz CT molecular complexity index is 753. The van der Waals surface area contributed by atoms with Gasteiger partial charge in [-0.15, -0.1) is 0 Å². The van der Waals surface area contributed by atoms with Gasteiger partial charge in [0.1, 0.15) is 0 Å². The molecule has 128 valence electrons. The first-order valence-electron chi connectivity index (χ1n) is 8.24. The molecule has 1 aliphatic rings. The SMILES string of the molecule is CCN1CCN(c2ccc(NS(=O)(=O)c3ccccc3)cc2)CC1. The molecule has 5 nitrogen and oxygen atoms in total. The minimum absolute atomic E-state index is 0.268. The van der Waals surface area contributed by atoms with Crippen molar-refractivity contribution < 1.29 is 8.42 Å². The summed E-state index contributed by atoms with van der Waals surface area (Å²) in [6.45, 7) is 7.42. The number of anilines is 2. The van der Waals surface area contributed by atoms with Crippen molar-refractivity contribution in [1.82, 2.24) is 4.90 Å². The third-order valence-corrected chi connectivity index (χ3v) is 5.75. The summed E-state index contributed by atoms with van der Waals surface area (Å²) in [6.07, 6.45) is 0. The molecule has 3 rings (SSSR count). The molecule has 0 bridgehead atoms. The van der Waals surface area contributed by atoms with E-state index in [1.807, 2.05) is 24.3 Å². The number of nitrogens with one attached hydrogen (secondary N) is 1. The van der Waals surface area contributed by atoms with Crippen LogP contribution in [0.25, 0.3) is 0 Å². The fourth-order valence-electron chi connectivity index (χ4n) is 2.88. The molecule has 0 radical (unpaired) electrons. The molecule has 2 aromatic rings. The molecule has 0 atom stereocenters. The van der Waals surface area contributed by atoms with Gasteiger partial charge in [-0.05, 0) is 42.9 Å². The number of benzene rings is 2. The standard InChI is InChI=1S/C18H23N3O2S/c1-2-20-12-14-21(15-13-20)17-10-8-16(9-11-17)19-24(22,23)18-6-4-3-5-7-18/h3-11,19H,2,12-15H2,1H3. The second-order valence-electron chi connectivity index (χ2n) is 5.89. The Hall–Kier alpha value is -2.05. The largest absolute Gasteiger partial charge is 0.369 e. The molecule has 0 aliphatic carbocycles. The molecular weight excluding hydrogens is 322 g/mol. The molecule has 1 aliphatic heterocycles. The molecule has 24 heavy (non-hydrogen) atoms. The Labute approximate surface area is 144 Å². The summed E-state index contributed by atoms with van der Waals surface area (Å²) in [5.41, 5.74) is 1.71. The molecule has 1 N–H and O–H groups in total. The van der Waals surface area contributed by atoms with Crippen molar-refractivity contribution in [1.29, 1.82) is 0 Å². The fraction of sp³-hybridized carbons (Fsp3) is 0.333. The van der Waals surface area contributed by atoms with Crippen molar-refractivity contribution in [2.45, 2.75) is 11.8 Å². The monoisotopic (exact) mass is 345 g/mol. The zero-order chi connectivity index (χ0) is 17.0. The van der Waals surface area contributed by atoms with E-state index >= 15 is 0 Å². The first kappa shape index (κ1) is 16.8. The van der Waals surface area contributed by atoms with E-state index in [4.69, 9.17) is 0 Å². The number of sulfonamides is 1. The second kappa shape index (κ2) is 7.23. The van der Waals surface area contributed by atoms with E-state index in [1.165, 1.54) is 0 Å². The molecule has 0 unspecified atom stereocenters. The van der Waals surface area contributed by atoms with Crippen molar-refractivity contribution in [3.8, 4) is 0 Å². The van der Waals surface area contributed by atoms with Gasteiger partial charge in [0.05, 0.1) is 4.90 Å².